The van der Waals surface area contributed by atoms with Gasteiger partial charge in [-0.1, -0.05) is 50.1 Å². The molecule has 0 aromatic carbocycles. The Morgan fingerprint density at radius 3 is 2.51 bits per heavy atom. The van der Waals surface area contributed by atoms with E-state index >= 15 is 0 Å². The van der Waals surface area contributed by atoms with E-state index in [1.54, 1.807) is 12.2 Å². The number of rotatable bonds is 11. The lowest BCUT2D eigenvalue weighted by Gasteiger charge is -2.39. The molecule has 194 valence electrons. The quantitative estimate of drug-likeness (QED) is 0.128. The van der Waals surface area contributed by atoms with Crippen LogP contribution in [-0.2, 0) is 14.3 Å². The van der Waals surface area contributed by atoms with Gasteiger partial charge in [-0.3, -0.25) is 0 Å². The number of esters is 1. The standard InChI is InChI=1S/C24H32O11/c1-3-4-5-6-7-8-9-10-11-18(27)32-14(2)16-12-15(26)22(23(31)33-16)35-24-21(30)20(29)19(28)17(13-25)34-24/h6-12,14,17,19-21,24-26,28-30H,3-5,13H2,1-2H3/b7-6+,9-8+,11-10+. The van der Waals surface area contributed by atoms with Crippen molar-refractivity contribution >= 4 is 5.97 Å². The van der Waals surface area contributed by atoms with Gasteiger partial charge in [0.1, 0.15) is 24.4 Å². The SMILES string of the molecule is CCCC/C=C/C=C/C=C/C(=O)OC(C)c1cc(O)c(OC2OC(CO)C(O)C(O)C2O)c(=O)o1. The number of unbranched alkanes of at least 4 members (excludes halogenated alkanes) is 2. The molecule has 0 spiro atoms. The lowest BCUT2D eigenvalue weighted by atomic mass is 9.99. The minimum atomic E-state index is -1.79. The second-order valence-corrected chi connectivity index (χ2v) is 7.86. The average molecular weight is 497 g/mol. The van der Waals surface area contributed by atoms with Crippen LogP contribution < -0.4 is 10.4 Å². The fraction of sp³-hybridized carbons (Fsp3) is 0.500. The van der Waals surface area contributed by atoms with Crippen molar-refractivity contribution in [1.29, 1.82) is 0 Å². The molecule has 1 aromatic heterocycles. The van der Waals surface area contributed by atoms with Crippen molar-refractivity contribution in [2.24, 2.45) is 0 Å². The summed E-state index contributed by atoms with van der Waals surface area (Å²) >= 11 is 0. The molecule has 0 radical (unpaired) electrons. The summed E-state index contributed by atoms with van der Waals surface area (Å²) < 4.78 is 20.5. The molecule has 0 bridgehead atoms. The maximum atomic E-state index is 12.3. The molecule has 1 aromatic rings. The summed E-state index contributed by atoms with van der Waals surface area (Å²) in [6.07, 6.45) is 4.05. The molecule has 1 aliphatic rings. The van der Waals surface area contributed by atoms with Crippen LogP contribution in [0.5, 0.6) is 11.5 Å². The Morgan fingerprint density at radius 1 is 1.14 bits per heavy atom. The predicted molar refractivity (Wildman–Crippen MR) is 122 cm³/mol. The van der Waals surface area contributed by atoms with Crippen molar-refractivity contribution in [2.45, 2.75) is 69.9 Å². The van der Waals surface area contributed by atoms with Gasteiger partial charge in [-0.15, -0.1) is 0 Å². The minimum Gasteiger partial charge on any atom is -0.504 e. The number of carbonyl (C=O) groups excluding carboxylic acids is 1. The Morgan fingerprint density at radius 2 is 1.86 bits per heavy atom. The average Bonchev–Trinajstić information content (AvgIpc) is 2.82. The lowest BCUT2D eigenvalue weighted by molar-refractivity contribution is -0.278. The molecule has 2 heterocycles. The predicted octanol–water partition coefficient (Wildman–Crippen LogP) is 0.987. The van der Waals surface area contributed by atoms with Gasteiger partial charge in [0.2, 0.25) is 12.0 Å². The normalized spacial score (nSPS) is 25.9. The van der Waals surface area contributed by atoms with Crippen LogP contribution in [0.4, 0.5) is 0 Å². The summed E-state index contributed by atoms with van der Waals surface area (Å²) in [6.45, 7) is 2.83. The van der Waals surface area contributed by atoms with Gasteiger partial charge >= 0.3 is 11.6 Å². The van der Waals surface area contributed by atoms with E-state index < -0.39 is 66.5 Å². The van der Waals surface area contributed by atoms with Crippen molar-refractivity contribution in [3.8, 4) is 11.5 Å². The second kappa shape index (κ2) is 13.8. The van der Waals surface area contributed by atoms with E-state index in [4.69, 9.17) is 18.6 Å². The van der Waals surface area contributed by atoms with Gasteiger partial charge in [-0.2, -0.15) is 0 Å². The molecule has 0 amide bonds. The highest BCUT2D eigenvalue weighted by atomic mass is 16.7. The summed E-state index contributed by atoms with van der Waals surface area (Å²) in [7, 11) is 0. The number of aliphatic hydroxyl groups is 4. The number of ether oxygens (including phenoxy) is 3. The number of aromatic hydroxyl groups is 1. The topological polar surface area (TPSA) is 176 Å². The highest BCUT2D eigenvalue weighted by molar-refractivity contribution is 5.82. The summed E-state index contributed by atoms with van der Waals surface area (Å²) in [6, 6.07) is 0.989. The first-order valence-electron chi connectivity index (χ1n) is 11.2. The third-order valence-corrected chi connectivity index (χ3v) is 5.11. The van der Waals surface area contributed by atoms with Crippen molar-refractivity contribution in [2.75, 3.05) is 6.61 Å². The zero-order valence-corrected chi connectivity index (χ0v) is 19.5. The molecule has 2 rings (SSSR count). The summed E-state index contributed by atoms with van der Waals surface area (Å²) in [5.74, 6) is -2.33. The van der Waals surface area contributed by atoms with E-state index in [1.807, 2.05) is 12.2 Å². The lowest BCUT2D eigenvalue weighted by Crippen LogP contribution is -2.60. The fourth-order valence-corrected chi connectivity index (χ4v) is 3.11. The van der Waals surface area contributed by atoms with Crippen LogP contribution in [0.1, 0.15) is 45.0 Å². The fourth-order valence-electron chi connectivity index (χ4n) is 3.11. The van der Waals surface area contributed by atoms with E-state index in [2.05, 4.69) is 6.92 Å². The minimum absolute atomic E-state index is 0.176. The molecule has 6 unspecified atom stereocenters. The van der Waals surface area contributed by atoms with Crippen LogP contribution >= 0.6 is 0 Å². The molecule has 5 N–H and O–H groups in total. The van der Waals surface area contributed by atoms with Crippen molar-refractivity contribution in [3.05, 3.63) is 58.7 Å². The molecule has 1 aliphatic heterocycles. The van der Waals surface area contributed by atoms with Gasteiger partial charge in [0, 0.05) is 12.1 Å². The number of hydrogen-bond donors (Lipinski definition) is 5. The Kier molecular flexibility index (Phi) is 11.2. The molecular formula is C24H32O11. The smallest absolute Gasteiger partial charge is 0.382 e. The van der Waals surface area contributed by atoms with E-state index in [0.29, 0.717) is 0 Å². The molecule has 0 aliphatic carbocycles. The third kappa shape index (κ3) is 8.05. The monoisotopic (exact) mass is 496 g/mol. The van der Waals surface area contributed by atoms with E-state index in [1.165, 1.54) is 19.1 Å². The Balaban J connectivity index is 2.01. The first kappa shape index (κ1) is 28.3. The molecule has 1 saturated heterocycles. The molecule has 11 nitrogen and oxygen atoms in total. The van der Waals surface area contributed by atoms with Crippen LogP contribution in [-0.4, -0.2) is 68.8 Å². The zero-order valence-electron chi connectivity index (χ0n) is 19.5. The van der Waals surface area contributed by atoms with Crippen molar-refractivity contribution < 1.29 is 49.0 Å². The maximum absolute atomic E-state index is 12.3. The van der Waals surface area contributed by atoms with Crippen LogP contribution in [0, 0.1) is 0 Å². The largest absolute Gasteiger partial charge is 0.504 e. The van der Waals surface area contributed by atoms with E-state index in [-0.39, 0.29) is 5.76 Å². The first-order chi connectivity index (χ1) is 16.7. The number of aliphatic hydroxyl groups excluding tert-OH is 4. The molecule has 11 heteroatoms. The molecule has 6 atom stereocenters. The zero-order chi connectivity index (χ0) is 26.0. The maximum Gasteiger partial charge on any atom is 0.382 e. The summed E-state index contributed by atoms with van der Waals surface area (Å²) in [5.41, 5.74) is -1.17. The van der Waals surface area contributed by atoms with E-state index in [0.717, 1.165) is 25.3 Å². The van der Waals surface area contributed by atoms with Crippen LogP contribution in [0.3, 0.4) is 0 Å². The van der Waals surface area contributed by atoms with Crippen LogP contribution in [0.15, 0.2) is 51.7 Å². The number of allylic oxidation sites excluding steroid dienone is 5. The molecule has 1 fully saturated rings. The first-order valence-corrected chi connectivity index (χ1v) is 11.2. The van der Waals surface area contributed by atoms with Gasteiger partial charge in [-0.25, -0.2) is 9.59 Å². The summed E-state index contributed by atoms with van der Waals surface area (Å²) in [5, 5.41) is 49.1. The number of hydrogen-bond acceptors (Lipinski definition) is 11. The second-order valence-electron chi connectivity index (χ2n) is 7.86. The van der Waals surface area contributed by atoms with Gasteiger partial charge in [-0.05, 0) is 13.3 Å². The van der Waals surface area contributed by atoms with Gasteiger partial charge in [0.25, 0.3) is 0 Å². The molecule has 0 saturated carbocycles. The van der Waals surface area contributed by atoms with Crippen LogP contribution in [0.25, 0.3) is 0 Å². The molecule has 35 heavy (non-hydrogen) atoms. The highest BCUT2D eigenvalue weighted by Crippen LogP contribution is 2.30. The van der Waals surface area contributed by atoms with Crippen LogP contribution in [0.2, 0.25) is 0 Å². The third-order valence-electron chi connectivity index (χ3n) is 5.11. The summed E-state index contributed by atoms with van der Waals surface area (Å²) in [4.78, 5) is 24.3. The molecular weight excluding hydrogens is 464 g/mol. The Hall–Kier alpha value is -2.96. The van der Waals surface area contributed by atoms with Gasteiger partial charge in [0.15, 0.2) is 17.6 Å². The van der Waals surface area contributed by atoms with E-state index in [9.17, 15) is 35.1 Å². The Bertz CT molecular complexity index is 963. The van der Waals surface area contributed by atoms with Gasteiger partial charge in [0.05, 0.1) is 6.61 Å². The Labute approximate surface area is 202 Å². The number of carbonyl (C=O) groups is 1. The van der Waals surface area contributed by atoms with Crippen molar-refractivity contribution in [1.82, 2.24) is 0 Å². The van der Waals surface area contributed by atoms with Crippen molar-refractivity contribution in [3.63, 3.8) is 0 Å². The van der Waals surface area contributed by atoms with Gasteiger partial charge < -0.3 is 44.2 Å². The highest BCUT2D eigenvalue weighted by Gasteiger charge is 2.45.